The van der Waals surface area contributed by atoms with Crippen LogP contribution in [0.1, 0.15) is 17.5 Å². The van der Waals surface area contributed by atoms with E-state index < -0.39 is 0 Å². The van der Waals surface area contributed by atoms with Gasteiger partial charge in [-0.15, -0.1) is 0 Å². The molecule has 3 rings (SSSR count). The first-order chi connectivity index (χ1) is 7.75. The first-order valence-electron chi connectivity index (χ1n) is 5.88. The third-order valence-electron chi connectivity index (χ3n) is 3.54. The molecule has 84 valence electrons. The van der Waals surface area contributed by atoms with Crippen LogP contribution in [-0.4, -0.2) is 25.0 Å². The summed E-state index contributed by atoms with van der Waals surface area (Å²) in [5.74, 6) is 0.211. The number of carbonyl (C=O) groups excluding carboxylic acids is 1. The molecule has 0 aromatic heterocycles. The highest BCUT2D eigenvalue weighted by molar-refractivity contribution is 5.97. The minimum absolute atomic E-state index is 0.211. The first-order valence-corrected chi connectivity index (χ1v) is 5.88. The van der Waals surface area contributed by atoms with E-state index in [1.165, 1.54) is 11.1 Å². The fourth-order valence-electron chi connectivity index (χ4n) is 2.72. The molecule has 2 aliphatic heterocycles. The summed E-state index contributed by atoms with van der Waals surface area (Å²) < 4.78 is 0. The second-order valence-electron chi connectivity index (χ2n) is 4.72. The van der Waals surface area contributed by atoms with E-state index in [9.17, 15) is 4.79 Å². The number of benzene rings is 1. The predicted molar refractivity (Wildman–Crippen MR) is 63.6 cm³/mol. The van der Waals surface area contributed by atoms with Crippen LogP contribution in [0.15, 0.2) is 18.2 Å². The number of nitrogens with one attached hydrogen (secondary N) is 1. The minimum Gasteiger partial charge on any atom is -0.307 e. The van der Waals surface area contributed by atoms with Gasteiger partial charge in [0.05, 0.1) is 6.54 Å². The van der Waals surface area contributed by atoms with Crippen LogP contribution in [0.3, 0.4) is 0 Å². The maximum atomic E-state index is 12.0. The van der Waals surface area contributed by atoms with Gasteiger partial charge in [0.15, 0.2) is 0 Å². The highest BCUT2D eigenvalue weighted by Gasteiger charge is 2.33. The zero-order chi connectivity index (χ0) is 11.1. The van der Waals surface area contributed by atoms with E-state index in [1.807, 2.05) is 4.90 Å². The van der Waals surface area contributed by atoms with Crippen LogP contribution in [0.5, 0.6) is 0 Å². The number of carbonyl (C=O) groups is 1. The second kappa shape index (κ2) is 3.59. The van der Waals surface area contributed by atoms with E-state index in [1.54, 1.807) is 0 Å². The van der Waals surface area contributed by atoms with Crippen molar-refractivity contribution in [2.75, 3.05) is 18.0 Å². The van der Waals surface area contributed by atoms with Crippen LogP contribution in [0.25, 0.3) is 0 Å². The summed E-state index contributed by atoms with van der Waals surface area (Å²) in [5, 5.41) is 3.19. The Kier molecular flexibility index (Phi) is 2.21. The molecule has 2 heterocycles. The number of fused-ring (bicyclic) bond motifs is 3. The molecule has 1 fully saturated rings. The third-order valence-corrected chi connectivity index (χ3v) is 3.54. The standard InChI is InChI=1S/C13H16N2O/c1-9-2-3-10-4-5-11-7-14-8-13(16)15(11)12(10)6-9/h2-3,6,11,14H,4-5,7-8H2,1H3. The van der Waals surface area contributed by atoms with Gasteiger partial charge in [0, 0.05) is 18.3 Å². The minimum atomic E-state index is 0.211. The molecule has 0 saturated carbocycles. The molecule has 1 aromatic rings. The zero-order valence-corrected chi connectivity index (χ0v) is 9.49. The molecule has 1 atom stereocenters. The van der Waals surface area contributed by atoms with E-state index in [0.717, 1.165) is 25.1 Å². The van der Waals surface area contributed by atoms with Gasteiger partial charge in [-0.05, 0) is 37.0 Å². The lowest BCUT2D eigenvalue weighted by Crippen LogP contribution is -2.56. The lowest BCUT2D eigenvalue weighted by Gasteiger charge is -2.40. The Balaban J connectivity index is 2.08. The van der Waals surface area contributed by atoms with Crippen molar-refractivity contribution in [3.63, 3.8) is 0 Å². The average Bonchev–Trinajstić information content (AvgIpc) is 2.28. The van der Waals surface area contributed by atoms with Gasteiger partial charge in [0.1, 0.15) is 0 Å². The molecule has 2 aliphatic rings. The number of hydrogen-bond donors (Lipinski definition) is 1. The summed E-state index contributed by atoms with van der Waals surface area (Å²) in [6.07, 6.45) is 2.17. The Morgan fingerprint density at radius 2 is 2.31 bits per heavy atom. The van der Waals surface area contributed by atoms with Crippen molar-refractivity contribution in [3.05, 3.63) is 29.3 Å². The van der Waals surface area contributed by atoms with Gasteiger partial charge in [-0.1, -0.05) is 12.1 Å². The fourth-order valence-corrected chi connectivity index (χ4v) is 2.72. The van der Waals surface area contributed by atoms with E-state index in [-0.39, 0.29) is 5.91 Å². The van der Waals surface area contributed by atoms with Crippen LogP contribution < -0.4 is 10.2 Å². The zero-order valence-electron chi connectivity index (χ0n) is 9.49. The Bertz CT molecular complexity index is 442. The van der Waals surface area contributed by atoms with Crippen molar-refractivity contribution < 1.29 is 4.79 Å². The molecule has 1 amide bonds. The number of nitrogens with zero attached hydrogens (tertiary/aromatic N) is 1. The van der Waals surface area contributed by atoms with Crippen molar-refractivity contribution in [2.24, 2.45) is 0 Å². The van der Waals surface area contributed by atoms with Crippen molar-refractivity contribution in [1.82, 2.24) is 5.32 Å². The summed E-state index contributed by atoms with van der Waals surface area (Å²) in [6, 6.07) is 6.79. The van der Waals surface area contributed by atoms with E-state index in [2.05, 4.69) is 30.4 Å². The summed E-state index contributed by atoms with van der Waals surface area (Å²) >= 11 is 0. The van der Waals surface area contributed by atoms with Gasteiger partial charge in [-0.3, -0.25) is 4.79 Å². The van der Waals surface area contributed by atoms with E-state index in [4.69, 9.17) is 0 Å². The van der Waals surface area contributed by atoms with Gasteiger partial charge in [-0.25, -0.2) is 0 Å². The summed E-state index contributed by atoms with van der Waals surface area (Å²) in [5.41, 5.74) is 3.69. The van der Waals surface area contributed by atoms with Crippen molar-refractivity contribution in [3.8, 4) is 0 Å². The van der Waals surface area contributed by atoms with Gasteiger partial charge < -0.3 is 10.2 Å². The molecule has 1 aromatic carbocycles. The Labute approximate surface area is 95.4 Å². The monoisotopic (exact) mass is 216 g/mol. The topological polar surface area (TPSA) is 32.3 Å². The Morgan fingerprint density at radius 1 is 1.44 bits per heavy atom. The molecule has 1 unspecified atom stereocenters. The molecule has 1 N–H and O–H groups in total. The molecule has 3 heteroatoms. The molecule has 0 aliphatic carbocycles. The fraction of sp³-hybridized carbons (Fsp3) is 0.462. The molecule has 3 nitrogen and oxygen atoms in total. The number of rotatable bonds is 0. The Hall–Kier alpha value is -1.35. The molecule has 0 radical (unpaired) electrons. The lowest BCUT2D eigenvalue weighted by atomic mass is 9.93. The van der Waals surface area contributed by atoms with Crippen molar-refractivity contribution in [2.45, 2.75) is 25.8 Å². The van der Waals surface area contributed by atoms with Crippen molar-refractivity contribution in [1.29, 1.82) is 0 Å². The highest BCUT2D eigenvalue weighted by Crippen LogP contribution is 2.32. The first kappa shape index (κ1) is 9.85. The molecule has 0 spiro atoms. The molecular weight excluding hydrogens is 200 g/mol. The van der Waals surface area contributed by atoms with Crippen LogP contribution in [-0.2, 0) is 11.2 Å². The van der Waals surface area contributed by atoms with Crippen LogP contribution in [0, 0.1) is 6.92 Å². The summed E-state index contributed by atoms with van der Waals surface area (Å²) in [4.78, 5) is 14.0. The smallest absolute Gasteiger partial charge is 0.241 e. The van der Waals surface area contributed by atoms with Gasteiger partial charge >= 0.3 is 0 Å². The molecule has 0 bridgehead atoms. The number of aryl methyl sites for hydroxylation is 2. The summed E-state index contributed by atoms with van der Waals surface area (Å²) in [7, 11) is 0. The number of anilines is 1. The van der Waals surface area contributed by atoms with Crippen LogP contribution in [0.2, 0.25) is 0 Å². The van der Waals surface area contributed by atoms with E-state index in [0.29, 0.717) is 12.6 Å². The SMILES string of the molecule is Cc1ccc2c(c1)N1C(=O)CNCC1CC2. The van der Waals surface area contributed by atoms with Gasteiger partial charge in [-0.2, -0.15) is 0 Å². The highest BCUT2D eigenvalue weighted by atomic mass is 16.2. The number of amides is 1. The third kappa shape index (κ3) is 1.43. The summed E-state index contributed by atoms with van der Waals surface area (Å²) in [6.45, 7) is 3.49. The van der Waals surface area contributed by atoms with Gasteiger partial charge in [0.2, 0.25) is 5.91 Å². The van der Waals surface area contributed by atoms with Crippen LogP contribution >= 0.6 is 0 Å². The normalized spacial score (nSPS) is 23.9. The predicted octanol–water partition coefficient (Wildman–Crippen LogP) is 1.25. The molecular formula is C13H16N2O. The number of piperazine rings is 1. The van der Waals surface area contributed by atoms with E-state index >= 15 is 0 Å². The number of hydrogen-bond acceptors (Lipinski definition) is 2. The lowest BCUT2D eigenvalue weighted by molar-refractivity contribution is -0.119. The quantitative estimate of drug-likeness (QED) is 0.708. The molecule has 1 saturated heterocycles. The second-order valence-corrected chi connectivity index (χ2v) is 4.72. The van der Waals surface area contributed by atoms with Crippen molar-refractivity contribution >= 4 is 11.6 Å². The largest absolute Gasteiger partial charge is 0.307 e. The Morgan fingerprint density at radius 3 is 3.19 bits per heavy atom. The maximum absolute atomic E-state index is 12.0. The average molecular weight is 216 g/mol. The van der Waals surface area contributed by atoms with Crippen LogP contribution in [0.4, 0.5) is 5.69 Å². The maximum Gasteiger partial charge on any atom is 0.241 e. The molecule has 16 heavy (non-hydrogen) atoms. The van der Waals surface area contributed by atoms with Gasteiger partial charge in [0.25, 0.3) is 0 Å².